The first kappa shape index (κ1) is 16.2. The van der Waals surface area contributed by atoms with E-state index in [0.717, 1.165) is 18.5 Å². The van der Waals surface area contributed by atoms with E-state index in [1.807, 2.05) is 18.2 Å². The molecule has 0 saturated heterocycles. The van der Waals surface area contributed by atoms with Crippen LogP contribution in [0.25, 0.3) is 0 Å². The first-order chi connectivity index (χ1) is 10.6. The standard InChI is InChI=1S/C16H19ClN4O/c1-3-4-9-18-16(22)14-10-15(20-11(2)19-14)21-13-8-6-5-7-12(13)17/h5-8,10H,3-4,9H2,1-2H3,(H,18,22)(H,19,20,21). The number of nitrogens with zero attached hydrogens (tertiary/aromatic N) is 2. The average Bonchev–Trinajstić information content (AvgIpc) is 2.49. The number of benzene rings is 1. The fourth-order valence-electron chi connectivity index (χ4n) is 1.92. The summed E-state index contributed by atoms with van der Waals surface area (Å²) >= 11 is 6.12. The van der Waals surface area contributed by atoms with Crippen LogP contribution in [0.4, 0.5) is 11.5 Å². The molecule has 0 aliphatic carbocycles. The van der Waals surface area contributed by atoms with Gasteiger partial charge in [-0.15, -0.1) is 0 Å². The molecule has 1 aromatic heterocycles. The predicted molar refractivity (Wildman–Crippen MR) is 88.7 cm³/mol. The Bertz CT molecular complexity index is 660. The van der Waals surface area contributed by atoms with Crippen molar-refractivity contribution in [2.45, 2.75) is 26.7 Å². The fourth-order valence-corrected chi connectivity index (χ4v) is 2.10. The molecule has 1 aromatic carbocycles. The number of unbranched alkanes of at least 4 members (excludes halogenated alkanes) is 1. The molecule has 0 aliphatic rings. The molecule has 0 aliphatic heterocycles. The van der Waals surface area contributed by atoms with Crippen LogP contribution >= 0.6 is 11.6 Å². The van der Waals surface area contributed by atoms with Gasteiger partial charge < -0.3 is 10.6 Å². The minimum Gasteiger partial charge on any atom is -0.351 e. The van der Waals surface area contributed by atoms with Gasteiger partial charge in [0.1, 0.15) is 17.3 Å². The molecule has 1 heterocycles. The second-order valence-electron chi connectivity index (χ2n) is 4.90. The van der Waals surface area contributed by atoms with E-state index >= 15 is 0 Å². The number of anilines is 2. The largest absolute Gasteiger partial charge is 0.351 e. The first-order valence-corrected chi connectivity index (χ1v) is 7.63. The van der Waals surface area contributed by atoms with Crippen LogP contribution in [0.1, 0.15) is 36.1 Å². The summed E-state index contributed by atoms with van der Waals surface area (Å²) in [6.07, 6.45) is 1.98. The van der Waals surface area contributed by atoms with Gasteiger partial charge in [-0.25, -0.2) is 9.97 Å². The maximum atomic E-state index is 12.1. The van der Waals surface area contributed by atoms with Crippen molar-refractivity contribution in [3.8, 4) is 0 Å². The van der Waals surface area contributed by atoms with E-state index in [1.54, 1.807) is 19.1 Å². The highest BCUT2D eigenvalue weighted by Gasteiger charge is 2.10. The van der Waals surface area contributed by atoms with Crippen molar-refractivity contribution in [2.24, 2.45) is 0 Å². The van der Waals surface area contributed by atoms with Crippen LogP contribution < -0.4 is 10.6 Å². The van der Waals surface area contributed by atoms with Crippen LogP contribution in [0.3, 0.4) is 0 Å². The number of nitrogens with one attached hydrogen (secondary N) is 2. The Labute approximate surface area is 135 Å². The number of rotatable bonds is 6. The molecule has 2 aromatic rings. The van der Waals surface area contributed by atoms with Crippen molar-refractivity contribution >= 4 is 29.0 Å². The molecule has 22 heavy (non-hydrogen) atoms. The Hall–Kier alpha value is -2.14. The molecule has 0 radical (unpaired) electrons. The quantitative estimate of drug-likeness (QED) is 0.797. The number of hydrogen-bond acceptors (Lipinski definition) is 4. The van der Waals surface area contributed by atoms with E-state index < -0.39 is 0 Å². The zero-order valence-electron chi connectivity index (χ0n) is 12.7. The third-order valence-corrected chi connectivity index (χ3v) is 3.35. The molecular formula is C16H19ClN4O. The number of halogens is 1. The SMILES string of the molecule is CCCCNC(=O)c1cc(Nc2ccccc2Cl)nc(C)n1. The summed E-state index contributed by atoms with van der Waals surface area (Å²) < 4.78 is 0. The lowest BCUT2D eigenvalue weighted by atomic mass is 10.3. The molecule has 6 heteroatoms. The monoisotopic (exact) mass is 318 g/mol. The molecule has 0 saturated carbocycles. The van der Waals surface area contributed by atoms with Gasteiger partial charge in [-0.05, 0) is 25.5 Å². The molecule has 2 N–H and O–H groups in total. The molecule has 0 bridgehead atoms. The highest BCUT2D eigenvalue weighted by Crippen LogP contribution is 2.24. The van der Waals surface area contributed by atoms with Crippen LogP contribution in [0.2, 0.25) is 5.02 Å². The van der Waals surface area contributed by atoms with Gasteiger partial charge >= 0.3 is 0 Å². The third-order valence-electron chi connectivity index (χ3n) is 3.02. The number of carbonyl (C=O) groups is 1. The van der Waals surface area contributed by atoms with Crippen LogP contribution in [-0.2, 0) is 0 Å². The highest BCUT2D eigenvalue weighted by molar-refractivity contribution is 6.33. The zero-order chi connectivity index (χ0) is 15.9. The van der Waals surface area contributed by atoms with Gasteiger partial charge in [-0.3, -0.25) is 4.79 Å². The molecule has 0 spiro atoms. The fraction of sp³-hybridized carbons (Fsp3) is 0.312. The highest BCUT2D eigenvalue weighted by atomic mass is 35.5. The third kappa shape index (κ3) is 4.43. The molecular weight excluding hydrogens is 300 g/mol. The summed E-state index contributed by atoms with van der Waals surface area (Å²) in [5.74, 6) is 0.875. The van der Waals surface area contributed by atoms with Crippen molar-refractivity contribution in [3.05, 3.63) is 46.9 Å². The molecule has 0 unspecified atom stereocenters. The van der Waals surface area contributed by atoms with Gasteiger partial charge in [0.2, 0.25) is 0 Å². The van der Waals surface area contributed by atoms with Gasteiger partial charge in [-0.1, -0.05) is 37.1 Å². The predicted octanol–water partition coefficient (Wildman–Crippen LogP) is 3.71. The Morgan fingerprint density at radius 3 is 2.77 bits per heavy atom. The molecule has 2 rings (SSSR count). The topological polar surface area (TPSA) is 66.9 Å². The number of amides is 1. The Kier molecular flexibility index (Phi) is 5.72. The van der Waals surface area contributed by atoms with Crippen LogP contribution in [-0.4, -0.2) is 22.4 Å². The van der Waals surface area contributed by atoms with E-state index in [0.29, 0.717) is 28.9 Å². The van der Waals surface area contributed by atoms with Gasteiger partial charge in [0.15, 0.2) is 0 Å². The molecule has 1 amide bonds. The van der Waals surface area contributed by atoms with Gasteiger partial charge in [0.25, 0.3) is 5.91 Å². The van der Waals surface area contributed by atoms with Crippen molar-refractivity contribution in [1.82, 2.24) is 15.3 Å². The lowest BCUT2D eigenvalue weighted by Gasteiger charge is -2.10. The summed E-state index contributed by atoms with van der Waals surface area (Å²) in [5, 5.41) is 6.55. The number of para-hydroxylation sites is 1. The van der Waals surface area contributed by atoms with E-state index in [2.05, 4.69) is 27.5 Å². The average molecular weight is 319 g/mol. The Balaban J connectivity index is 2.16. The molecule has 5 nitrogen and oxygen atoms in total. The number of aromatic nitrogens is 2. The second-order valence-corrected chi connectivity index (χ2v) is 5.31. The van der Waals surface area contributed by atoms with Crippen LogP contribution in [0, 0.1) is 6.92 Å². The minimum absolute atomic E-state index is 0.193. The maximum absolute atomic E-state index is 12.1. The van der Waals surface area contributed by atoms with E-state index in [4.69, 9.17) is 11.6 Å². The minimum atomic E-state index is -0.193. The molecule has 116 valence electrons. The van der Waals surface area contributed by atoms with Crippen molar-refractivity contribution in [2.75, 3.05) is 11.9 Å². The summed E-state index contributed by atoms with van der Waals surface area (Å²) in [6.45, 7) is 4.47. The van der Waals surface area contributed by atoms with Crippen molar-refractivity contribution in [1.29, 1.82) is 0 Å². The summed E-state index contributed by atoms with van der Waals surface area (Å²) in [7, 11) is 0. The Morgan fingerprint density at radius 2 is 2.05 bits per heavy atom. The van der Waals surface area contributed by atoms with Crippen LogP contribution in [0.5, 0.6) is 0 Å². The zero-order valence-corrected chi connectivity index (χ0v) is 13.4. The van der Waals surface area contributed by atoms with Gasteiger partial charge in [0.05, 0.1) is 10.7 Å². The van der Waals surface area contributed by atoms with E-state index in [1.165, 1.54) is 0 Å². The van der Waals surface area contributed by atoms with Gasteiger partial charge in [0, 0.05) is 12.6 Å². The molecule has 0 fully saturated rings. The first-order valence-electron chi connectivity index (χ1n) is 7.25. The van der Waals surface area contributed by atoms with Crippen molar-refractivity contribution < 1.29 is 4.79 Å². The normalized spacial score (nSPS) is 10.3. The number of carbonyl (C=O) groups excluding carboxylic acids is 1. The second kappa shape index (κ2) is 7.75. The Morgan fingerprint density at radius 1 is 1.27 bits per heavy atom. The lowest BCUT2D eigenvalue weighted by Crippen LogP contribution is -2.25. The van der Waals surface area contributed by atoms with E-state index in [-0.39, 0.29) is 5.91 Å². The van der Waals surface area contributed by atoms with Crippen molar-refractivity contribution in [3.63, 3.8) is 0 Å². The van der Waals surface area contributed by atoms with E-state index in [9.17, 15) is 4.79 Å². The van der Waals surface area contributed by atoms with Crippen LogP contribution in [0.15, 0.2) is 30.3 Å². The number of hydrogen-bond donors (Lipinski definition) is 2. The molecule has 0 atom stereocenters. The maximum Gasteiger partial charge on any atom is 0.270 e. The lowest BCUT2D eigenvalue weighted by molar-refractivity contribution is 0.0948. The smallest absolute Gasteiger partial charge is 0.270 e. The van der Waals surface area contributed by atoms with Gasteiger partial charge in [-0.2, -0.15) is 0 Å². The summed E-state index contributed by atoms with van der Waals surface area (Å²) in [6, 6.07) is 8.99. The summed E-state index contributed by atoms with van der Waals surface area (Å²) in [4.78, 5) is 20.6. The summed E-state index contributed by atoms with van der Waals surface area (Å²) in [5.41, 5.74) is 1.08. The number of aryl methyl sites for hydroxylation is 1.